The average Bonchev–Trinajstić information content (AvgIpc) is 3.47. The summed E-state index contributed by atoms with van der Waals surface area (Å²) < 4.78 is 3.87. The molecule has 36 heavy (non-hydrogen) atoms. The van der Waals surface area contributed by atoms with Crippen LogP contribution < -0.4 is 5.32 Å². The van der Waals surface area contributed by atoms with E-state index in [1.54, 1.807) is 18.6 Å². The van der Waals surface area contributed by atoms with Gasteiger partial charge in [-0.2, -0.15) is 5.10 Å². The van der Waals surface area contributed by atoms with Crippen LogP contribution in [0.25, 0.3) is 27.9 Å². The van der Waals surface area contributed by atoms with Gasteiger partial charge in [0.15, 0.2) is 0 Å². The van der Waals surface area contributed by atoms with Crippen molar-refractivity contribution >= 4 is 17.2 Å². The highest BCUT2D eigenvalue weighted by molar-refractivity contribution is 6.05. The normalized spacial score (nSPS) is 11.7. The van der Waals surface area contributed by atoms with E-state index in [-0.39, 0.29) is 11.4 Å². The quantitative estimate of drug-likeness (QED) is 0.334. The molecule has 1 aromatic carbocycles. The highest BCUT2D eigenvalue weighted by atomic mass is 16.1. The summed E-state index contributed by atoms with van der Waals surface area (Å²) >= 11 is 0. The van der Waals surface area contributed by atoms with Gasteiger partial charge < -0.3 is 9.72 Å². The lowest BCUT2D eigenvalue weighted by Gasteiger charge is -2.18. The van der Waals surface area contributed by atoms with Gasteiger partial charge in [0.05, 0.1) is 16.8 Å². The lowest BCUT2D eigenvalue weighted by molar-refractivity contribution is 0.102. The SMILES string of the molecule is Cc1cc(C)c(-c2cc(-c3ccncc3)c3nccn3c2)cc1NC(=O)c1cn(C(C)(C)C)nc1C. The third-order valence-electron chi connectivity index (χ3n) is 6.44. The summed E-state index contributed by atoms with van der Waals surface area (Å²) in [5.41, 5.74) is 9.03. The fraction of sp³-hybridized carbons (Fsp3) is 0.241. The minimum absolute atomic E-state index is 0.163. The molecule has 5 aromatic rings. The van der Waals surface area contributed by atoms with Crippen molar-refractivity contribution in [1.29, 1.82) is 0 Å². The molecule has 0 aliphatic heterocycles. The summed E-state index contributed by atoms with van der Waals surface area (Å²) in [7, 11) is 0. The van der Waals surface area contributed by atoms with Crippen molar-refractivity contribution in [3.8, 4) is 22.3 Å². The molecule has 0 atom stereocenters. The molecule has 0 saturated heterocycles. The van der Waals surface area contributed by atoms with Gasteiger partial charge in [0.25, 0.3) is 5.91 Å². The van der Waals surface area contributed by atoms with E-state index in [1.807, 2.05) is 47.5 Å². The van der Waals surface area contributed by atoms with Crippen LogP contribution in [0.15, 0.2) is 67.5 Å². The van der Waals surface area contributed by atoms with E-state index in [0.29, 0.717) is 11.3 Å². The molecule has 0 unspecified atom stereocenters. The van der Waals surface area contributed by atoms with Crippen molar-refractivity contribution in [3.63, 3.8) is 0 Å². The Hall–Kier alpha value is -4.26. The number of nitrogens with one attached hydrogen (secondary N) is 1. The molecule has 1 amide bonds. The zero-order chi connectivity index (χ0) is 25.6. The summed E-state index contributed by atoms with van der Waals surface area (Å²) in [5, 5.41) is 7.68. The van der Waals surface area contributed by atoms with Crippen LogP contribution >= 0.6 is 0 Å². The average molecular weight is 479 g/mol. The number of hydrogen-bond acceptors (Lipinski definition) is 4. The number of amides is 1. The van der Waals surface area contributed by atoms with Crippen LogP contribution in [0.1, 0.15) is 48.0 Å². The minimum Gasteiger partial charge on any atom is -0.322 e. The van der Waals surface area contributed by atoms with Gasteiger partial charge >= 0.3 is 0 Å². The summed E-state index contributed by atoms with van der Waals surface area (Å²) in [4.78, 5) is 22.0. The van der Waals surface area contributed by atoms with Gasteiger partial charge in [0.2, 0.25) is 0 Å². The number of hydrogen-bond donors (Lipinski definition) is 1. The molecular formula is C29H30N6O. The van der Waals surface area contributed by atoms with Crippen LogP contribution in [0.2, 0.25) is 0 Å². The summed E-state index contributed by atoms with van der Waals surface area (Å²) in [6.07, 6.45) is 11.2. The lowest BCUT2D eigenvalue weighted by atomic mass is 9.96. The molecule has 0 spiro atoms. The summed E-state index contributed by atoms with van der Waals surface area (Å²) in [6, 6.07) is 10.3. The number of anilines is 1. The molecule has 0 saturated carbocycles. The van der Waals surface area contributed by atoms with Crippen molar-refractivity contribution in [3.05, 3.63) is 89.9 Å². The highest BCUT2D eigenvalue weighted by Crippen LogP contribution is 2.34. The zero-order valence-electron chi connectivity index (χ0n) is 21.5. The van der Waals surface area contributed by atoms with Crippen molar-refractivity contribution in [2.24, 2.45) is 0 Å². The predicted molar refractivity (Wildman–Crippen MR) is 143 cm³/mol. The monoisotopic (exact) mass is 478 g/mol. The Labute approximate surface area is 210 Å². The Morgan fingerprint density at radius 1 is 0.889 bits per heavy atom. The number of aromatic nitrogens is 5. The number of pyridine rings is 2. The van der Waals surface area contributed by atoms with E-state index in [9.17, 15) is 4.79 Å². The van der Waals surface area contributed by atoms with Crippen LogP contribution in [0.5, 0.6) is 0 Å². The third kappa shape index (κ3) is 4.28. The number of nitrogens with zero attached hydrogens (tertiary/aromatic N) is 5. The van der Waals surface area contributed by atoms with E-state index in [0.717, 1.165) is 44.7 Å². The van der Waals surface area contributed by atoms with E-state index in [4.69, 9.17) is 0 Å². The molecular weight excluding hydrogens is 448 g/mol. The van der Waals surface area contributed by atoms with Gasteiger partial charge in [-0.3, -0.25) is 14.5 Å². The molecule has 4 aromatic heterocycles. The second-order valence-electron chi connectivity index (χ2n) is 10.2. The molecule has 5 rings (SSSR count). The summed E-state index contributed by atoms with van der Waals surface area (Å²) in [6.45, 7) is 12.2. The van der Waals surface area contributed by atoms with Gasteiger partial charge in [0.1, 0.15) is 5.65 Å². The maximum Gasteiger partial charge on any atom is 0.259 e. The van der Waals surface area contributed by atoms with E-state index in [1.165, 1.54) is 0 Å². The molecule has 7 heteroatoms. The number of carbonyl (C=O) groups excluding carboxylic acids is 1. The Kier molecular flexibility index (Phi) is 5.71. The fourth-order valence-electron chi connectivity index (χ4n) is 4.44. The van der Waals surface area contributed by atoms with Crippen molar-refractivity contribution in [1.82, 2.24) is 24.1 Å². The maximum absolute atomic E-state index is 13.3. The first kappa shape index (κ1) is 23.5. The Morgan fingerprint density at radius 2 is 1.64 bits per heavy atom. The predicted octanol–water partition coefficient (Wildman–Crippen LogP) is 6.19. The maximum atomic E-state index is 13.3. The number of fused-ring (bicyclic) bond motifs is 1. The second-order valence-corrected chi connectivity index (χ2v) is 10.2. The van der Waals surface area contributed by atoms with Gasteiger partial charge in [-0.05, 0) is 93.6 Å². The van der Waals surface area contributed by atoms with Gasteiger partial charge in [0, 0.05) is 48.4 Å². The largest absolute Gasteiger partial charge is 0.322 e. The van der Waals surface area contributed by atoms with E-state index >= 15 is 0 Å². The molecule has 0 aliphatic carbocycles. The molecule has 0 radical (unpaired) electrons. The first-order chi connectivity index (χ1) is 17.1. The van der Waals surface area contributed by atoms with Gasteiger partial charge in [-0.25, -0.2) is 4.98 Å². The second kappa shape index (κ2) is 8.75. The van der Waals surface area contributed by atoms with Crippen LogP contribution in [-0.4, -0.2) is 30.1 Å². The molecule has 0 bridgehead atoms. The Bertz CT molecular complexity index is 1590. The Balaban J connectivity index is 1.56. The summed E-state index contributed by atoms with van der Waals surface area (Å²) in [5.74, 6) is -0.163. The standard InChI is InChI=1S/C29H30N6O/c1-18-13-19(2)26(32-28(36)25-17-35(29(4,5)6)33-20(25)3)15-23(18)22-14-24(21-7-9-30-10-8-21)27-31-11-12-34(27)16-22/h7-17H,1-6H3,(H,32,36). The molecule has 7 nitrogen and oxygen atoms in total. The number of imidazole rings is 1. The van der Waals surface area contributed by atoms with E-state index in [2.05, 4.69) is 72.5 Å². The fourth-order valence-corrected chi connectivity index (χ4v) is 4.44. The van der Waals surface area contributed by atoms with Crippen LogP contribution in [-0.2, 0) is 5.54 Å². The lowest BCUT2D eigenvalue weighted by Crippen LogP contribution is -2.22. The molecule has 1 N–H and O–H groups in total. The molecule has 0 fully saturated rings. The number of aryl methyl sites for hydroxylation is 3. The molecule has 182 valence electrons. The first-order valence-corrected chi connectivity index (χ1v) is 12.0. The van der Waals surface area contributed by atoms with Crippen molar-refractivity contribution in [2.75, 3.05) is 5.32 Å². The number of rotatable bonds is 4. The third-order valence-corrected chi connectivity index (χ3v) is 6.44. The van der Waals surface area contributed by atoms with Gasteiger partial charge in [-0.15, -0.1) is 0 Å². The van der Waals surface area contributed by atoms with Crippen LogP contribution in [0.3, 0.4) is 0 Å². The molecule has 0 aliphatic rings. The van der Waals surface area contributed by atoms with Crippen LogP contribution in [0.4, 0.5) is 5.69 Å². The van der Waals surface area contributed by atoms with Crippen molar-refractivity contribution in [2.45, 2.75) is 47.1 Å². The number of carbonyl (C=O) groups is 1. The minimum atomic E-state index is -0.200. The van der Waals surface area contributed by atoms with Crippen LogP contribution in [0, 0.1) is 20.8 Å². The zero-order valence-corrected chi connectivity index (χ0v) is 21.5. The molecule has 4 heterocycles. The van der Waals surface area contributed by atoms with Gasteiger partial charge in [-0.1, -0.05) is 6.07 Å². The topological polar surface area (TPSA) is 77.1 Å². The van der Waals surface area contributed by atoms with E-state index < -0.39 is 0 Å². The van der Waals surface area contributed by atoms with Crippen molar-refractivity contribution < 1.29 is 4.79 Å². The highest BCUT2D eigenvalue weighted by Gasteiger charge is 2.21. The Morgan fingerprint density at radius 3 is 2.33 bits per heavy atom. The number of benzene rings is 1. The smallest absolute Gasteiger partial charge is 0.259 e. The first-order valence-electron chi connectivity index (χ1n) is 12.0.